The fourth-order valence-electron chi connectivity index (χ4n) is 1.75. The van der Waals surface area contributed by atoms with Gasteiger partial charge in [0.15, 0.2) is 0 Å². The first-order valence-electron chi connectivity index (χ1n) is 7.02. The molecule has 0 bridgehead atoms. The Morgan fingerprint density at radius 1 is 1.14 bits per heavy atom. The van der Waals surface area contributed by atoms with Crippen LogP contribution in [0.5, 0.6) is 0 Å². The number of hydrogen-bond acceptors (Lipinski definition) is 5. The van der Waals surface area contributed by atoms with Crippen LogP contribution < -0.4 is 5.32 Å². The SMILES string of the molecule is O=C(CCNC(=O)c1cc(I)cc(I)c1I)OC(C(F)(F)F)C(F)(F)S(=O)(=O)O. The molecule has 0 aliphatic rings. The van der Waals surface area contributed by atoms with Crippen molar-refractivity contribution in [2.45, 2.75) is 24.0 Å². The van der Waals surface area contributed by atoms with E-state index in [2.05, 4.69) is 10.1 Å². The Labute approximate surface area is 201 Å². The summed E-state index contributed by atoms with van der Waals surface area (Å²) in [4.78, 5) is 23.6. The summed E-state index contributed by atoms with van der Waals surface area (Å²) in [7, 11) is -6.52. The van der Waals surface area contributed by atoms with Gasteiger partial charge in [-0.2, -0.15) is 30.4 Å². The number of carbonyl (C=O) groups excluding carboxylic acids is 2. The van der Waals surface area contributed by atoms with Gasteiger partial charge in [0.05, 0.1) is 12.0 Å². The van der Waals surface area contributed by atoms with Gasteiger partial charge in [-0.15, -0.1) is 0 Å². The smallest absolute Gasteiger partial charge is 0.432 e. The second kappa shape index (κ2) is 10.0. The summed E-state index contributed by atoms with van der Waals surface area (Å²) in [5, 5.41) is -3.59. The molecule has 16 heteroatoms. The van der Waals surface area contributed by atoms with E-state index in [4.69, 9.17) is 4.55 Å². The highest BCUT2D eigenvalue weighted by Gasteiger charge is 2.65. The van der Waals surface area contributed by atoms with Crippen LogP contribution in [0.15, 0.2) is 12.1 Å². The lowest BCUT2D eigenvalue weighted by Crippen LogP contribution is -2.52. The van der Waals surface area contributed by atoms with Gasteiger partial charge < -0.3 is 10.1 Å². The minimum absolute atomic E-state index is 0.223. The first-order chi connectivity index (χ1) is 13.0. The number of ether oxygens (including phenoxy) is 1. The minimum Gasteiger partial charge on any atom is -0.445 e. The Kier molecular flexibility index (Phi) is 9.31. The molecule has 1 unspecified atom stereocenters. The van der Waals surface area contributed by atoms with Gasteiger partial charge in [0.1, 0.15) is 0 Å². The molecule has 0 saturated heterocycles. The van der Waals surface area contributed by atoms with E-state index >= 15 is 0 Å². The van der Waals surface area contributed by atoms with Gasteiger partial charge in [-0.25, -0.2) is 0 Å². The molecule has 0 spiro atoms. The molecule has 1 aromatic rings. The van der Waals surface area contributed by atoms with Crippen LogP contribution in [0.3, 0.4) is 0 Å². The number of esters is 1. The molecule has 0 saturated carbocycles. The molecule has 1 atom stereocenters. The fraction of sp³-hybridized carbons (Fsp3) is 0.385. The van der Waals surface area contributed by atoms with E-state index in [1.807, 2.05) is 67.8 Å². The standard InChI is InChI=1S/C13H9F5I3NO6S/c14-12(15,16)11(13(17,18)29(25,26)27)28-8(23)1-2-22-10(24)6-3-5(19)4-7(20)9(6)21/h3-4,11H,1-2H2,(H,22,24)(H,25,26,27). The number of rotatable bonds is 7. The van der Waals surface area contributed by atoms with Crippen molar-refractivity contribution in [1.82, 2.24) is 5.32 Å². The van der Waals surface area contributed by atoms with Gasteiger partial charge in [-0.05, 0) is 79.9 Å². The maximum absolute atomic E-state index is 13.3. The molecule has 1 rings (SSSR count). The summed E-state index contributed by atoms with van der Waals surface area (Å²) in [5.41, 5.74) is 0.223. The van der Waals surface area contributed by atoms with Gasteiger partial charge in [-0.3, -0.25) is 14.1 Å². The van der Waals surface area contributed by atoms with E-state index in [0.29, 0.717) is 3.57 Å². The van der Waals surface area contributed by atoms with Crippen molar-refractivity contribution < 1.29 is 49.2 Å². The summed E-state index contributed by atoms with van der Waals surface area (Å²) >= 11 is 5.82. The number of halogens is 8. The lowest BCUT2D eigenvalue weighted by molar-refractivity contribution is -0.259. The fourth-order valence-corrected chi connectivity index (χ4v) is 4.60. The highest BCUT2D eigenvalue weighted by atomic mass is 127. The molecule has 7 nitrogen and oxygen atoms in total. The second-order valence-electron chi connectivity index (χ2n) is 5.20. The third-order valence-electron chi connectivity index (χ3n) is 3.05. The molecular formula is C13H9F5I3NO6S. The molecular weight excluding hydrogens is 774 g/mol. The van der Waals surface area contributed by atoms with Crippen LogP contribution in [0.2, 0.25) is 0 Å². The zero-order valence-electron chi connectivity index (χ0n) is 13.6. The summed E-state index contributed by atoms with van der Waals surface area (Å²) in [6, 6.07) is 3.30. The van der Waals surface area contributed by atoms with Crippen molar-refractivity contribution in [3.8, 4) is 0 Å². The molecule has 164 valence electrons. The van der Waals surface area contributed by atoms with Gasteiger partial charge in [-0.1, -0.05) is 0 Å². The summed E-state index contributed by atoms with van der Waals surface area (Å²) in [6.45, 7) is -0.572. The monoisotopic (exact) mass is 783 g/mol. The third kappa shape index (κ3) is 7.23. The van der Waals surface area contributed by atoms with Crippen LogP contribution in [-0.4, -0.2) is 48.9 Å². The Balaban J connectivity index is 2.81. The first-order valence-corrected chi connectivity index (χ1v) is 11.7. The van der Waals surface area contributed by atoms with Crippen molar-refractivity contribution >= 4 is 89.8 Å². The molecule has 0 aliphatic heterocycles. The van der Waals surface area contributed by atoms with E-state index in [9.17, 15) is 40.0 Å². The zero-order valence-corrected chi connectivity index (χ0v) is 20.9. The topological polar surface area (TPSA) is 110 Å². The quantitative estimate of drug-likeness (QED) is 0.144. The number of nitrogens with one attached hydrogen (secondary N) is 1. The van der Waals surface area contributed by atoms with Crippen molar-refractivity contribution in [1.29, 1.82) is 0 Å². The highest BCUT2D eigenvalue weighted by Crippen LogP contribution is 2.38. The molecule has 29 heavy (non-hydrogen) atoms. The molecule has 0 aromatic heterocycles. The van der Waals surface area contributed by atoms with Crippen LogP contribution >= 0.6 is 67.8 Å². The Morgan fingerprint density at radius 2 is 1.69 bits per heavy atom. The minimum atomic E-state index is -6.52. The number of hydrogen-bond donors (Lipinski definition) is 2. The van der Waals surface area contributed by atoms with Crippen molar-refractivity contribution in [3.05, 3.63) is 28.4 Å². The molecule has 0 radical (unpaired) electrons. The van der Waals surface area contributed by atoms with E-state index in [1.54, 1.807) is 6.07 Å². The van der Waals surface area contributed by atoms with Crippen LogP contribution in [0, 0.1) is 10.7 Å². The van der Waals surface area contributed by atoms with Crippen molar-refractivity contribution in [3.63, 3.8) is 0 Å². The Bertz CT molecular complexity index is 909. The molecule has 1 aromatic carbocycles. The summed E-state index contributed by atoms with van der Waals surface area (Å²) < 4.78 is 99.7. The normalized spacial score (nSPS) is 13.7. The first kappa shape index (κ1) is 26.9. The lowest BCUT2D eigenvalue weighted by Gasteiger charge is -2.26. The lowest BCUT2D eigenvalue weighted by atomic mass is 10.2. The predicted molar refractivity (Wildman–Crippen MR) is 114 cm³/mol. The van der Waals surface area contributed by atoms with Gasteiger partial charge in [0.2, 0.25) is 0 Å². The van der Waals surface area contributed by atoms with Crippen LogP contribution in [0.4, 0.5) is 22.0 Å². The maximum Gasteiger partial charge on any atom is 0.432 e. The summed E-state index contributed by atoms with van der Waals surface area (Å²) in [5.74, 6) is -2.53. The van der Waals surface area contributed by atoms with Gasteiger partial charge in [0.25, 0.3) is 12.0 Å². The Hall–Kier alpha value is -0.0900. The molecule has 2 N–H and O–H groups in total. The van der Waals surface area contributed by atoms with Crippen molar-refractivity contribution in [2.75, 3.05) is 6.54 Å². The second-order valence-corrected chi connectivity index (χ2v) is 10.2. The Morgan fingerprint density at radius 3 is 2.17 bits per heavy atom. The van der Waals surface area contributed by atoms with Gasteiger partial charge >= 0.3 is 27.5 Å². The van der Waals surface area contributed by atoms with Crippen LogP contribution in [-0.2, 0) is 19.6 Å². The average Bonchev–Trinajstić information content (AvgIpc) is 2.53. The number of amides is 1. The van der Waals surface area contributed by atoms with Crippen molar-refractivity contribution in [2.24, 2.45) is 0 Å². The number of alkyl halides is 5. The van der Waals surface area contributed by atoms with Gasteiger partial charge in [0, 0.05) is 17.3 Å². The molecule has 0 fully saturated rings. The maximum atomic E-state index is 13.3. The predicted octanol–water partition coefficient (Wildman–Crippen LogP) is 3.58. The zero-order chi connectivity index (χ0) is 22.8. The number of carbonyl (C=O) groups is 2. The average molecular weight is 783 g/mol. The third-order valence-corrected chi connectivity index (χ3v) is 7.62. The van der Waals surface area contributed by atoms with E-state index < -0.39 is 52.5 Å². The number of benzene rings is 1. The van der Waals surface area contributed by atoms with E-state index in [-0.39, 0.29) is 5.56 Å². The van der Waals surface area contributed by atoms with E-state index in [0.717, 1.165) is 7.14 Å². The molecule has 0 aliphatic carbocycles. The molecule has 0 heterocycles. The van der Waals surface area contributed by atoms with E-state index in [1.165, 1.54) is 6.07 Å². The molecule has 1 amide bonds. The highest BCUT2D eigenvalue weighted by molar-refractivity contribution is 14.1. The van der Waals surface area contributed by atoms with Crippen LogP contribution in [0.25, 0.3) is 0 Å². The largest absolute Gasteiger partial charge is 0.445 e. The van der Waals surface area contributed by atoms with Crippen LogP contribution in [0.1, 0.15) is 16.8 Å². The summed E-state index contributed by atoms with van der Waals surface area (Å²) in [6.07, 6.45) is -11.4.